The maximum absolute atomic E-state index is 11.6. The van der Waals surface area contributed by atoms with Crippen molar-refractivity contribution in [2.45, 2.75) is 46.3 Å². The summed E-state index contributed by atoms with van der Waals surface area (Å²) in [7, 11) is 0. The number of nitrogens with one attached hydrogen (secondary N) is 1. The lowest BCUT2D eigenvalue weighted by Crippen LogP contribution is -2.40. The minimum atomic E-state index is -1.12. The normalized spacial score (nSPS) is 12.4. The number of amides is 1. The van der Waals surface area contributed by atoms with Gasteiger partial charge in [-0.25, -0.2) is 9.59 Å². The van der Waals surface area contributed by atoms with E-state index in [1.807, 2.05) is 0 Å². The zero-order chi connectivity index (χ0) is 17.8. The minimum Gasteiger partial charge on any atom is -0.491 e. The largest absolute Gasteiger partial charge is 0.491 e. The smallest absolute Gasteiger partial charge is 0.407 e. The van der Waals surface area contributed by atoms with Crippen molar-refractivity contribution >= 4 is 23.7 Å². The third-order valence-corrected chi connectivity index (χ3v) is 3.22. The van der Waals surface area contributed by atoms with E-state index in [4.69, 9.17) is 26.2 Å². The standard InChI is InChI=1S/C16H22ClNO5/c1-9-6-11(7-12(13(9)17)14(19)20)22-8-10(2)18-15(21)23-16(3,4)5/h6-7,10H,8H2,1-5H3,(H,18,21)(H,19,20). The first-order valence-electron chi connectivity index (χ1n) is 7.15. The van der Waals surface area contributed by atoms with Crippen LogP contribution < -0.4 is 10.1 Å². The fourth-order valence-corrected chi connectivity index (χ4v) is 1.94. The number of hydrogen-bond acceptors (Lipinski definition) is 4. The molecule has 6 nitrogen and oxygen atoms in total. The third kappa shape index (κ3) is 6.36. The van der Waals surface area contributed by atoms with E-state index in [0.29, 0.717) is 11.3 Å². The third-order valence-electron chi connectivity index (χ3n) is 2.72. The number of ether oxygens (including phenoxy) is 2. The van der Waals surface area contributed by atoms with Crippen molar-refractivity contribution in [3.63, 3.8) is 0 Å². The van der Waals surface area contributed by atoms with Crippen molar-refractivity contribution in [3.05, 3.63) is 28.3 Å². The van der Waals surface area contributed by atoms with Crippen LogP contribution in [0.3, 0.4) is 0 Å². The maximum Gasteiger partial charge on any atom is 0.407 e. The Morgan fingerprint density at radius 1 is 1.35 bits per heavy atom. The Balaban J connectivity index is 2.65. The highest BCUT2D eigenvalue weighted by atomic mass is 35.5. The summed E-state index contributed by atoms with van der Waals surface area (Å²) in [5, 5.41) is 11.9. The highest BCUT2D eigenvalue weighted by Crippen LogP contribution is 2.26. The van der Waals surface area contributed by atoms with Gasteiger partial charge in [-0.15, -0.1) is 0 Å². The molecule has 2 N–H and O–H groups in total. The van der Waals surface area contributed by atoms with Crippen LogP contribution in [-0.2, 0) is 4.74 Å². The molecule has 0 aliphatic carbocycles. The molecule has 1 aromatic carbocycles. The lowest BCUT2D eigenvalue weighted by molar-refractivity contribution is 0.0493. The van der Waals surface area contributed by atoms with Crippen molar-refractivity contribution in [2.75, 3.05) is 6.61 Å². The van der Waals surface area contributed by atoms with E-state index in [2.05, 4.69) is 5.32 Å². The molecule has 1 atom stereocenters. The number of carboxylic acids is 1. The average Bonchev–Trinajstić information content (AvgIpc) is 2.37. The van der Waals surface area contributed by atoms with Crippen LogP contribution in [0, 0.1) is 6.92 Å². The molecule has 0 spiro atoms. The zero-order valence-corrected chi connectivity index (χ0v) is 14.7. The number of alkyl carbamates (subject to hydrolysis) is 1. The molecule has 1 rings (SSSR count). The van der Waals surface area contributed by atoms with E-state index in [-0.39, 0.29) is 23.2 Å². The molecule has 0 saturated carbocycles. The van der Waals surface area contributed by atoms with E-state index < -0.39 is 17.7 Å². The summed E-state index contributed by atoms with van der Waals surface area (Å²) in [6, 6.07) is 2.70. The number of carboxylic acid groups (broad SMARTS) is 1. The summed E-state index contributed by atoms with van der Waals surface area (Å²) < 4.78 is 10.7. The van der Waals surface area contributed by atoms with Crippen LogP contribution in [0.4, 0.5) is 4.79 Å². The number of benzene rings is 1. The summed E-state index contributed by atoms with van der Waals surface area (Å²) in [6.07, 6.45) is -0.535. The molecular weight excluding hydrogens is 322 g/mol. The molecule has 0 bridgehead atoms. The second kappa shape index (κ2) is 7.55. The van der Waals surface area contributed by atoms with Gasteiger partial charge in [-0.2, -0.15) is 0 Å². The number of carbonyl (C=O) groups is 2. The lowest BCUT2D eigenvalue weighted by atomic mass is 10.1. The molecule has 1 amide bonds. The van der Waals surface area contributed by atoms with Gasteiger partial charge < -0.3 is 19.9 Å². The van der Waals surface area contributed by atoms with Crippen LogP contribution in [0.2, 0.25) is 5.02 Å². The van der Waals surface area contributed by atoms with Crippen LogP contribution >= 0.6 is 11.6 Å². The van der Waals surface area contributed by atoms with E-state index >= 15 is 0 Å². The number of halogens is 1. The van der Waals surface area contributed by atoms with Gasteiger partial charge >= 0.3 is 12.1 Å². The monoisotopic (exact) mass is 343 g/mol. The van der Waals surface area contributed by atoms with Crippen molar-refractivity contribution in [2.24, 2.45) is 0 Å². The molecule has 1 unspecified atom stereocenters. The summed E-state index contributed by atoms with van der Waals surface area (Å²) in [5.74, 6) is -0.745. The number of rotatable bonds is 5. The van der Waals surface area contributed by atoms with Crippen LogP contribution in [0.5, 0.6) is 5.75 Å². The molecule has 0 radical (unpaired) electrons. The van der Waals surface area contributed by atoms with Gasteiger partial charge in [-0.05, 0) is 52.3 Å². The Labute approximate surface area is 140 Å². The van der Waals surface area contributed by atoms with E-state index in [1.54, 1.807) is 40.7 Å². The molecule has 0 aromatic heterocycles. The number of carbonyl (C=O) groups excluding carboxylic acids is 1. The quantitative estimate of drug-likeness (QED) is 0.852. The predicted octanol–water partition coefficient (Wildman–Crippen LogP) is 3.64. The summed E-state index contributed by atoms with van der Waals surface area (Å²) >= 11 is 5.94. The van der Waals surface area contributed by atoms with Crippen molar-refractivity contribution in [3.8, 4) is 5.75 Å². The van der Waals surface area contributed by atoms with Gasteiger partial charge in [0.15, 0.2) is 0 Å². The zero-order valence-electron chi connectivity index (χ0n) is 13.9. The van der Waals surface area contributed by atoms with E-state index in [0.717, 1.165) is 0 Å². The van der Waals surface area contributed by atoms with E-state index in [1.165, 1.54) is 6.07 Å². The Hall–Kier alpha value is -1.95. The first-order valence-corrected chi connectivity index (χ1v) is 7.53. The number of aromatic carboxylic acids is 1. The van der Waals surface area contributed by atoms with Crippen LogP contribution in [0.1, 0.15) is 43.6 Å². The highest BCUT2D eigenvalue weighted by molar-refractivity contribution is 6.34. The summed E-state index contributed by atoms with van der Waals surface area (Å²) in [6.45, 7) is 8.95. The van der Waals surface area contributed by atoms with Crippen molar-refractivity contribution in [1.82, 2.24) is 5.32 Å². The fraction of sp³-hybridized carbons (Fsp3) is 0.500. The Morgan fingerprint density at radius 2 is 1.96 bits per heavy atom. The number of hydrogen-bond donors (Lipinski definition) is 2. The topological polar surface area (TPSA) is 84.9 Å². The molecular formula is C16H22ClNO5. The van der Waals surface area contributed by atoms with Crippen molar-refractivity contribution < 1.29 is 24.2 Å². The van der Waals surface area contributed by atoms with Gasteiger partial charge in [0.1, 0.15) is 18.0 Å². The number of aryl methyl sites for hydroxylation is 1. The van der Waals surface area contributed by atoms with Gasteiger partial charge in [0, 0.05) is 0 Å². The Kier molecular flexibility index (Phi) is 6.27. The van der Waals surface area contributed by atoms with Gasteiger partial charge in [0.2, 0.25) is 0 Å². The van der Waals surface area contributed by atoms with Gasteiger partial charge in [-0.1, -0.05) is 11.6 Å². The molecule has 1 aromatic rings. The van der Waals surface area contributed by atoms with Crippen LogP contribution in [-0.4, -0.2) is 35.4 Å². The van der Waals surface area contributed by atoms with Crippen LogP contribution in [0.15, 0.2) is 12.1 Å². The molecule has 0 fully saturated rings. The van der Waals surface area contributed by atoms with Crippen LogP contribution in [0.25, 0.3) is 0 Å². The first kappa shape index (κ1) is 19.1. The van der Waals surface area contributed by atoms with Crippen molar-refractivity contribution in [1.29, 1.82) is 0 Å². The summed E-state index contributed by atoms with van der Waals surface area (Å²) in [4.78, 5) is 22.8. The van der Waals surface area contributed by atoms with E-state index in [9.17, 15) is 9.59 Å². The minimum absolute atomic E-state index is 0.0191. The molecule has 128 valence electrons. The first-order chi connectivity index (χ1) is 10.5. The molecule has 0 aliphatic heterocycles. The maximum atomic E-state index is 11.6. The van der Waals surface area contributed by atoms with Gasteiger partial charge in [0.25, 0.3) is 0 Å². The molecule has 0 saturated heterocycles. The fourth-order valence-electron chi connectivity index (χ4n) is 1.75. The lowest BCUT2D eigenvalue weighted by Gasteiger charge is -2.22. The molecule has 23 heavy (non-hydrogen) atoms. The second-order valence-corrected chi connectivity index (χ2v) is 6.64. The average molecular weight is 344 g/mol. The van der Waals surface area contributed by atoms with Gasteiger partial charge in [-0.3, -0.25) is 0 Å². The van der Waals surface area contributed by atoms with Gasteiger partial charge in [0.05, 0.1) is 16.6 Å². The summed E-state index contributed by atoms with van der Waals surface area (Å²) in [5.41, 5.74) is 0.0117. The Morgan fingerprint density at radius 3 is 2.48 bits per heavy atom. The SMILES string of the molecule is Cc1cc(OCC(C)NC(=O)OC(C)(C)C)cc(C(=O)O)c1Cl. The predicted molar refractivity (Wildman–Crippen MR) is 87.5 cm³/mol. The molecule has 0 heterocycles. The second-order valence-electron chi connectivity index (χ2n) is 6.27. The molecule has 7 heteroatoms. The molecule has 0 aliphatic rings. The highest BCUT2D eigenvalue weighted by Gasteiger charge is 2.18. The Bertz CT molecular complexity index is 595.